The monoisotopic (exact) mass is 427 g/mol. The van der Waals surface area contributed by atoms with Gasteiger partial charge in [0.25, 0.3) is 0 Å². The Labute approximate surface area is 167 Å². The van der Waals surface area contributed by atoms with E-state index < -0.39 is 18.1 Å². The molecule has 28 heavy (non-hydrogen) atoms. The zero-order valence-electron chi connectivity index (χ0n) is 14.1. The van der Waals surface area contributed by atoms with Crippen LogP contribution in [0.25, 0.3) is 10.6 Å². The number of nitrogens with zero attached hydrogens (tertiary/aromatic N) is 1. The summed E-state index contributed by atoms with van der Waals surface area (Å²) in [4.78, 5) is 16.5. The number of para-hydroxylation sites is 2. The molecule has 0 saturated carbocycles. The summed E-state index contributed by atoms with van der Waals surface area (Å²) < 4.78 is 41.2. The van der Waals surface area contributed by atoms with Gasteiger partial charge in [0.2, 0.25) is 0 Å². The van der Waals surface area contributed by atoms with Crippen LogP contribution in [0.5, 0.6) is 5.75 Å². The van der Waals surface area contributed by atoms with E-state index in [1.165, 1.54) is 29.5 Å². The van der Waals surface area contributed by atoms with Crippen LogP contribution in [0.15, 0.2) is 53.9 Å². The molecule has 2 amide bonds. The first-order valence-electron chi connectivity index (χ1n) is 7.87. The number of alkyl halides is 4. The predicted molar refractivity (Wildman–Crippen MR) is 103 cm³/mol. The van der Waals surface area contributed by atoms with Gasteiger partial charge in [0.05, 0.1) is 17.3 Å². The number of hydrogen-bond donors (Lipinski definition) is 2. The Morgan fingerprint density at radius 3 is 2.46 bits per heavy atom. The van der Waals surface area contributed by atoms with Crippen molar-refractivity contribution in [2.45, 2.75) is 12.2 Å². The van der Waals surface area contributed by atoms with Gasteiger partial charge in [-0.15, -0.1) is 36.1 Å². The molecule has 146 valence electrons. The number of aromatic nitrogens is 1. The highest BCUT2D eigenvalue weighted by molar-refractivity contribution is 7.13. The number of urea groups is 1. The fourth-order valence-corrected chi connectivity index (χ4v) is 3.32. The maximum Gasteiger partial charge on any atom is 0.573 e. The number of amides is 2. The van der Waals surface area contributed by atoms with E-state index in [9.17, 15) is 18.0 Å². The lowest BCUT2D eigenvalue weighted by Crippen LogP contribution is -2.22. The highest BCUT2D eigenvalue weighted by Crippen LogP contribution is 2.30. The van der Waals surface area contributed by atoms with Crippen molar-refractivity contribution in [3.63, 3.8) is 0 Å². The molecule has 3 rings (SSSR count). The molecule has 3 aromatic rings. The van der Waals surface area contributed by atoms with Crippen LogP contribution < -0.4 is 15.4 Å². The quantitative estimate of drug-likeness (QED) is 0.484. The van der Waals surface area contributed by atoms with Crippen LogP contribution in [0.4, 0.5) is 29.3 Å². The Morgan fingerprint density at radius 2 is 1.82 bits per heavy atom. The average Bonchev–Trinajstić information content (AvgIpc) is 3.12. The molecule has 5 nitrogen and oxygen atoms in total. The van der Waals surface area contributed by atoms with E-state index in [0.717, 1.165) is 22.3 Å². The van der Waals surface area contributed by atoms with E-state index in [1.807, 2.05) is 5.38 Å². The molecule has 0 aliphatic heterocycles. The summed E-state index contributed by atoms with van der Waals surface area (Å²) in [5, 5.41) is 7.55. The van der Waals surface area contributed by atoms with Gasteiger partial charge >= 0.3 is 12.4 Å². The molecule has 0 fully saturated rings. The van der Waals surface area contributed by atoms with Crippen LogP contribution in [-0.4, -0.2) is 17.4 Å². The van der Waals surface area contributed by atoms with Gasteiger partial charge in [0, 0.05) is 16.6 Å². The fourth-order valence-electron chi connectivity index (χ4n) is 2.27. The summed E-state index contributed by atoms with van der Waals surface area (Å²) in [5.41, 5.74) is 1.99. The Hall–Kier alpha value is -2.78. The van der Waals surface area contributed by atoms with Crippen molar-refractivity contribution in [1.29, 1.82) is 0 Å². The van der Waals surface area contributed by atoms with Gasteiger partial charge in [-0.25, -0.2) is 9.78 Å². The zero-order chi connectivity index (χ0) is 20.1. The molecule has 0 aliphatic rings. The highest BCUT2D eigenvalue weighted by Gasteiger charge is 2.32. The Bertz CT molecular complexity index is 961. The van der Waals surface area contributed by atoms with E-state index in [4.69, 9.17) is 11.6 Å². The average molecular weight is 428 g/mol. The molecule has 10 heteroatoms. The largest absolute Gasteiger partial charge is 0.573 e. The van der Waals surface area contributed by atoms with Crippen molar-refractivity contribution < 1.29 is 22.7 Å². The number of carbonyl (C=O) groups is 1. The van der Waals surface area contributed by atoms with Gasteiger partial charge in [-0.05, 0) is 36.4 Å². The van der Waals surface area contributed by atoms with Gasteiger partial charge in [0.1, 0.15) is 5.01 Å². The molecule has 0 saturated heterocycles. The fraction of sp³-hybridized carbons (Fsp3) is 0.111. The third-order valence-corrected chi connectivity index (χ3v) is 4.65. The van der Waals surface area contributed by atoms with E-state index in [1.54, 1.807) is 24.3 Å². The lowest BCUT2D eigenvalue weighted by atomic mass is 10.2. The number of anilines is 2. The van der Waals surface area contributed by atoms with Gasteiger partial charge in [-0.2, -0.15) is 0 Å². The molecule has 0 bridgehead atoms. The Morgan fingerprint density at radius 1 is 1.11 bits per heavy atom. The number of ether oxygens (including phenoxy) is 1. The van der Waals surface area contributed by atoms with Crippen LogP contribution >= 0.6 is 22.9 Å². The first-order chi connectivity index (χ1) is 13.3. The molecule has 0 atom stereocenters. The molecule has 1 heterocycles. The summed E-state index contributed by atoms with van der Waals surface area (Å²) in [5.74, 6) is -0.171. The second-order valence-corrected chi connectivity index (χ2v) is 6.60. The van der Waals surface area contributed by atoms with Crippen LogP contribution in [0, 0.1) is 0 Å². The SMILES string of the molecule is O=C(Nc1ccc(-c2nc(CCl)cs2)cc1)Nc1ccccc1OC(F)(F)F. The lowest BCUT2D eigenvalue weighted by molar-refractivity contribution is -0.274. The molecule has 2 aromatic carbocycles. The predicted octanol–water partition coefficient (Wildman–Crippen LogP) is 6.09. The molecule has 0 spiro atoms. The minimum absolute atomic E-state index is 0.106. The number of hydrogen-bond acceptors (Lipinski definition) is 4. The number of rotatable bonds is 5. The summed E-state index contributed by atoms with van der Waals surface area (Å²) in [6.45, 7) is 0. The summed E-state index contributed by atoms with van der Waals surface area (Å²) in [6, 6.07) is 11.4. The molecular formula is C18H13ClF3N3O2S. The van der Waals surface area contributed by atoms with Crippen molar-refractivity contribution in [2.75, 3.05) is 10.6 Å². The Balaban J connectivity index is 1.65. The molecule has 0 aliphatic carbocycles. The highest BCUT2D eigenvalue weighted by atomic mass is 35.5. The lowest BCUT2D eigenvalue weighted by Gasteiger charge is -2.14. The molecule has 1 aromatic heterocycles. The molecule has 2 N–H and O–H groups in total. The number of nitrogens with one attached hydrogen (secondary N) is 2. The standard InChI is InChI=1S/C18H13ClF3N3O2S/c19-9-13-10-28-16(23-13)11-5-7-12(8-6-11)24-17(26)25-14-3-1-2-4-15(14)27-18(20,21)22/h1-8,10H,9H2,(H2,24,25,26). The van der Waals surface area contributed by atoms with Gasteiger partial charge in [-0.3, -0.25) is 0 Å². The van der Waals surface area contributed by atoms with Crippen LogP contribution in [0.1, 0.15) is 5.69 Å². The van der Waals surface area contributed by atoms with Crippen molar-refractivity contribution in [2.24, 2.45) is 0 Å². The minimum atomic E-state index is -4.86. The van der Waals surface area contributed by atoms with E-state index >= 15 is 0 Å². The number of halogens is 4. The second kappa shape index (κ2) is 8.49. The first kappa shape index (κ1) is 20.0. The number of thiazole rings is 1. The van der Waals surface area contributed by atoms with Crippen molar-refractivity contribution in [3.05, 3.63) is 59.6 Å². The maximum atomic E-state index is 12.4. The smallest absolute Gasteiger partial charge is 0.404 e. The number of carbonyl (C=O) groups excluding carboxylic acids is 1. The summed E-state index contributed by atoms with van der Waals surface area (Å²) in [6.07, 6.45) is -4.86. The minimum Gasteiger partial charge on any atom is -0.404 e. The van der Waals surface area contributed by atoms with E-state index in [2.05, 4.69) is 20.4 Å². The van der Waals surface area contributed by atoms with Gasteiger partial charge in [0.15, 0.2) is 5.75 Å². The molecule has 0 radical (unpaired) electrons. The topological polar surface area (TPSA) is 63.2 Å². The van der Waals surface area contributed by atoms with Crippen LogP contribution in [0.2, 0.25) is 0 Å². The van der Waals surface area contributed by atoms with E-state index in [0.29, 0.717) is 11.6 Å². The normalized spacial score (nSPS) is 11.1. The van der Waals surface area contributed by atoms with Crippen LogP contribution in [0.3, 0.4) is 0 Å². The summed E-state index contributed by atoms with van der Waals surface area (Å²) >= 11 is 7.20. The van der Waals surface area contributed by atoms with Crippen LogP contribution in [-0.2, 0) is 5.88 Å². The molecule has 0 unspecified atom stereocenters. The maximum absolute atomic E-state index is 12.4. The Kier molecular flexibility index (Phi) is 6.05. The third-order valence-electron chi connectivity index (χ3n) is 3.44. The summed E-state index contributed by atoms with van der Waals surface area (Å²) in [7, 11) is 0. The second-order valence-electron chi connectivity index (χ2n) is 5.48. The van der Waals surface area contributed by atoms with Crippen molar-refractivity contribution >= 4 is 40.3 Å². The first-order valence-corrected chi connectivity index (χ1v) is 9.29. The molecular weight excluding hydrogens is 415 g/mol. The zero-order valence-corrected chi connectivity index (χ0v) is 15.7. The van der Waals surface area contributed by atoms with Gasteiger partial charge < -0.3 is 15.4 Å². The van der Waals surface area contributed by atoms with Crippen molar-refractivity contribution in [1.82, 2.24) is 4.98 Å². The van der Waals surface area contributed by atoms with E-state index in [-0.39, 0.29) is 5.69 Å². The third kappa shape index (κ3) is 5.37. The number of benzene rings is 2. The van der Waals surface area contributed by atoms with Crippen molar-refractivity contribution in [3.8, 4) is 16.3 Å². The van der Waals surface area contributed by atoms with Gasteiger partial charge in [-0.1, -0.05) is 12.1 Å².